The van der Waals surface area contributed by atoms with E-state index in [0.29, 0.717) is 21.4 Å². The highest BCUT2D eigenvalue weighted by Gasteiger charge is 2.01. The van der Waals surface area contributed by atoms with Gasteiger partial charge in [0.05, 0.1) is 22.2 Å². The van der Waals surface area contributed by atoms with E-state index in [9.17, 15) is 0 Å². The number of nitrogens with one attached hydrogen (secondary N) is 1. The molecule has 0 fully saturated rings. The highest BCUT2D eigenvalue weighted by atomic mass is 31.1. The molecule has 0 aromatic rings. The molecule has 0 aromatic heterocycles. The van der Waals surface area contributed by atoms with Gasteiger partial charge in [-0.05, 0) is 26.6 Å². The molecule has 0 saturated heterocycles. The van der Waals surface area contributed by atoms with Gasteiger partial charge in [0, 0.05) is 6.54 Å². The van der Waals surface area contributed by atoms with Crippen molar-refractivity contribution in [3.8, 4) is 0 Å². The Morgan fingerprint density at radius 3 is 2.77 bits per heavy atom. The third-order valence-electron chi connectivity index (χ3n) is 1.40. The summed E-state index contributed by atoms with van der Waals surface area (Å²) in [6, 6.07) is 0. The van der Waals surface area contributed by atoms with Crippen molar-refractivity contribution in [1.29, 1.82) is 0 Å². The van der Waals surface area contributed by atoms with Gasteiger partial charge in [-0.1, -0.05) is 6.92 Å². The van der Waals surface area contributed by atoms with E-state index < -0.39 is 0 Å². The quantitative estimate of drug-likeness (QED) is 0.444. The molecule has 4 nitrogen and oxygen atoms in total. The fraction of sp³-hybridized carbons (Fsp3) is 1.00. The van der Waals surface area contributed by atoms with Gasteiger partial charge < -0.3 is 14.9 Å². The first kappa shape index (κ1) is 13.3. The van der Waals surface area contributed by atoms with E-state index in [1.807, 2.05) is 18.8 Å². The summed E-state index contributed by atoms with van der Waals surface area (Å²) in [4.78, 5) is 0. The van der Waals surface area contributed by atoms with Crippen LogP contribution in [0.4, 0.5) is 0 Å². The van der Waals surface area contributed by atoms with Crippen LogP contribution in [0.2, 0.25) is 0 Å². The second kappa shape index (κ2) is 8.85. The zero-order valence-corrected chi connectivity index (χ0v) is 9.71. The first-order chi connectivity index (χ1) is 6.16. The Bertz CT molecular complexity index is 114. The van der Waals surface area contributed by atoms with Crippen molar-refractivity contribution >= 4 is 8.96 Å². The molecule has 0 rings (SSSR count). The average molecular weight is 208 g/mol. The SMILES string of the molecule is C[C@@H](CNCCO)COPN(C)C. The van der Waals surface area contributed by atoms with Crippen molar-refractivity contribution in [3.63, 3.8) is 0 Å². The predicted molar refractivity (Wildman–Crippen MR) is 57.1 cm³/mol. The van der Waals surface area contributed by atoms with Crippen LogP contribution in [0.5, 0.6) is 0 Å². The van der Waals surface area contributed by atoms with E-state index in [4.69, 9.17) is 9.63 Å². The Morgan fingerprint density at radius 1 is 1.54 bits per heavy atom. The molecular formula is C8H21N2O2P. The molecule has 2 N–H and O–H groups in total. The highest BCUT2D eigenvalue weighted by molar-refractivity contribution is 7.29. The number of aliphatic hydroxyl groups excluding tert-OH is 1. The number of hydrogen-bond donors (Lipinski definition) is 2. The second-order valence-electron chi connectivity index (χ2n) is 3.33. The third kappa shape index (κ3) is 10.2. The van der Waals surface area contributed by atoms with Crippen LogP contribution in [0.25, 0.3) is 0 Å². The number of aliphatic hydroxyl groups is 1. The maximum atomic E-state index is 8.53. The molecule has 0 aliphatic carbocycles. The average Bonchev–Trinajstić information content (AvgIpc) is 2.04. The van der Waals surface area contributed by atoms with Crippen LogP contribution in [-0.4, -0.2) is 50.2 Å². The topological polar surface area (TPSA) is 44.7 Å². The third-order valence-corrected chi connectivity index (χ3v) is 2.06. The zero-order valence-electron chi connectivity index (χ0n) is 8.71. The van der Waals surface area contributed by atoms with Gasteiger partial charge in [-0.25, -0.2) is 0 Å². The lowest BCUT2D eigenvalue weighted by Gasteiger charge is -2.14. The minimum absolute atomic E-state index is 0.201. The predicted octanol–water partition coefficient (Wildman–Crippen LogP) is 0.291. The molecule has 0 aliphatic heterocycles. The van der Waals surface area contributed by atoms with Crippen molar-refractivity contribution in [2.75, 3.05) is 40.4 Å². The smallest absolute Gasteiger partial charge is 0.0883 e. The van der Waals surface area contributed by atoms with Crippen LogP contribution in [-0.2, 0) is 4.52 Å². The Balaban J connectivity index is 3.15. The van der Waals surface area contributed by atoms with E-state index in [1.54, 1.807) is 0 Å². The Kier molecular flexibility index (Phi) is 9.03. The largest absolute Gasteiger partial charge is 0.395 e. The molecule has 0 amide bonds. The van der Waals surface area contributed by atoms with Crippen LogP contribution >= 0.6 is 8.96 Å². The van der Waals surface area contributed by atoms with Gasteiger partial charge >= 0.3 is 0 Å². The summed E-state index contributed by atoms with van der Waals surface area (Å²) in [5.41, 5.74) is 0. The van der Waals surface area contributed by atoms with E-state index >= 15 is 0 Å². The van der Waals surface area contributed by atoms with Crippen LogP contribution in [0, 0.1) is 5.92 Å². The monoisotopic (exact) mass is 208 g/mol. The molecule has 0 heterocycles. The van der Waals surface area contributed by atoms with Crippen molar-refractivity contribution in [3.05, 3.63) is 0 Å². The van der Waals surface area contributed by atoms with Gasteiger partial charge in [-0.15, -0.1) is 0 Å². The minimum Gasteiger partial charge on any atom is -0.395 e. The standard InChI is InChI=1S/C8H21N2O2P/c1-8(6-9-4-5-11)7-12-13-10(2)3/h8-9,11,13H,4-7H2,1-3H3/t8-/m0/s1. The lowest BCUT2D eigenvalue weighted by molar-refractivity contribution is 0.259. The van der Waals surface area contributed by atoms with Crippen molar-refractivity contribution in [2.24, 2.45) is 5.92 Å². The summed E-state index contributed by atoms with van der Waals surface area (Å²) in [6.07, 6.45) is 0. The Morgan fingerprint density at radius 2 is 2.23 bits per heavy atom. The molecule has 0 aliphatic rings. The first-order valence-electron chi connectivity index (χ1n) is 4.53. The lowest BCUT2D eigenvalue weighted by atomic mass is 10.2. The van der Waals surface area contributed by atoms with Gasteiger partial charge in [0.25, 0.3) is 0 Å². The molecule has 1 unspecified atom stereocenters. The summed E-state index contributed by atoms with van der Waals surface area (Å²) in [6.45, 7) is 4.67. The van der Waals surface area contributed by atoms with Gasteiger partial charge in [0.1, 0.15) is 0 Å². The first-order valence-corrected chi connectivity index (χ1v) is 5.38. The molecule has 0 radical (unpaired) electrons. The van der Waals surface area contributed by atoms with Crippen molar-refractivity contribution in [2.45, 2.75) is 6.92 Å². The summed E-state index contributed by atoms with van der Waals surface area (Å²) in [5, 5.41) is 11.7. The maximum absolute atomic E-state index is 8.53. The molecule has 0 aromatic carbocycles. The Hall–Kier alpha value is 0.270. The minimum atomic E-state index is 0.201. The normalized spacial score (nSPS) is 14.5. The molecule has 0 saturated carbocycles. The number of rotatable bonds is 8. The van der Waals surface area contributed by atoms with Crippen molar-refractivity contribution in [1.82, 2.24) is 9.99 Å². The number of nitrogens with zero attached hydrogens (tertiary/aromatic N) is 1. The van der Waals surface area contributed by atoms with Crippen LogP contribution in [0.15, 0.2) is 0 Å². The number of hydrogen-bond acceptors (Lipinski definition) is 4. The van der Waals surface area contributed by atoms with Gasteiger partial charge in [-0.2, -0.15) is 0 Å². The van der Waals surface area contributed by atoms with E-state index in [0.717, 1.165) is 13.2 Å². The lowest BCUT2D eigenvalue weighted by Crippen LogP contribution is -2.26. The summed E-state index contributed by atoms with van der Waals surface area (Å²) >= 11 is 0. The molecule has 13 heavy (non-hydrogen) atoms. The highest BCUT2D eigenvalue weighted by Crippen LogP contribution is 2.15. The molecule has 5 heteroatoms. The second-order valence-corrected chi connectivity index (χ2v) is 4.70. The van der Waals surface area contributed by atoms with Gasteiger partial charge in [0.15, 0.2) is 0 Å². The van der Waals surface area contributed by atoms with Crippen molar-refractivity contribution < 1.29 is 9.63 Å². The fourth-order valence-electron chi connectivity index (χ4n) is 0.795. The molecule has 0 spiro atoms. The molecule has 0 bridgehead atoms. The Labute approximate surface area is 82.6 Å². The summed E-state index contributed by atoms with van der Waals surface area (Å²) in [5.74, 6) is 0.499. The van der Waals surface area contributed by atoms with Gasteiger partial charge in [0.2, 0.25) is 0 Å². The van der Waals surface area contributed by atoms with Crippen LogP contribution < -0.4 is 5.32 Å². The van der Waals surface area contributed by atoms with Crippen LogP contribution in [0.3, 0.4) is 0 Å². The van der Waals surface area contributed by atoms with Crippen LogP contribution in [0.1, 0.15) is 6.92 Å². The van der Waals surface area contributed by atoms with Gasteiger partial charge in [-0.3, -0.25) is 4.67 Å². The fourth-order valence-corrected chi connectivity index (χ4v) is 1.41. The molecule has 80 valence electrons. The molecule has 2 atom stereocenters. The zero-order chi connectivity index (χ0) is 10.1. The maximum Gasteiger partial charge on any atom is 0.0883 e. The summed E-state index contributed by atoms with van der Waals surface area (Å²) < 4.78 is 7.46. The van der Waals surface area contributed by atoms with E-state index in [1.165, 1.54) is 0 Å². The van der Waals surface area contributed by atoms with E-state index in [-0.39, 0.29) is 6.61 Å². The van der Waals surface area contributed by atoms with E-state index in [2.05, 4.69) is 12.2 Å². The summed E-state index contributed by atoms with van der Waals surface area (Å²) in [7, 11) is 4.43. The molecular weight excluding hydrogens is 187 g/mol.